The van der Waals surface area contributed by atoms with Gasteiger partial charge in [0, 0.05) is 17.7 Å². The molecule has 0 unspecified atom stereocenters. The maximum Gasteiger partial charge on any atom is 0.573 e. The molecule has 0 aliphatic heterocycles. The van der Waals surface area contributed by atoms with Crippen LogP contribution in [0.25, 0.3) is 6.08 Å². The van der Waals surface area contributed by atoms with Crippen LogP contribution in [0.3, 0.4) is 0 Å². The minimum Gasteiger partial charge on any atom is -0.406 e. The van der Waals surface area contributed by atoms with E-state index in [4.69, 9.17) is 0 Å². The van der Waals surface area contributed by atoms with Gasteiger partial charge in [-0.2, -0.15) is 5.10 Å². The van der Waals surface area contributed by atoms with Crippen molar-refractivity contribution in [3.05, 3.63) is 84.0 Å². The first-order chi connectivity index (χ1) is 16.0. The first kappa shape index (κ1) is 24.8. The van der Waals surface area contributed by atoms with Crippen molar-refractivity contribution in [2.45, 2.75) is 31.5 Å². The zero-order valence-electron chi connectivity index (χ0n) is 17.6. The normalized spacial score (nSPS) is 14.6. The van der Waals surface area contributed by atoms with E-state index in [-0.39, 0.29) is 12.1 Å². The van der Waals surface area contributed by atoms with E-state index in [0.717, 1.165) is 30.3 Å². The summed E-state index contributed by atoms with van der Waals surface area (Å²) >= 11 is 0. The van der Waals surface area contributed by atoms with Crippen LogP contribution in [-0.2, 0) is 16.9 Å². The number of benzene rings is 2. The van der Waals surface area contributed by atoms with Crippen LogP contribution < -0.4 is 10.1 Å². The van der Waals surface area contributed by atoms with E-state index in [1.807, 2.05) is 0 Å². The molecule has 7 nitrogen and oxygen atoms in total. The van der Waals surface area contributed by atoms with Gasteiger partial charge in [0.2, 0.25) is 5.91 Å². The molecule has 3 rings (SSSR count). The molecule has 0 saturated carbocycles. The molecule has 180 valence electrons. The zero-order valence-corrected chi connectivity index (χ0v) is 17.6. The summed E-state index contributed by atoms with van der Waals surface area (Å²) in [6.07, 6.45) is 0.0905. The third-order valence-corrected chi connectivity index (χ3v) is 4.88. The van der Waals surface area contributed by atoms with Gasteiger partial charge in [0.1, 0.15) is 35.6 Å². The van der Waals surface area contributed by atoms with Crippen LogP contribution in [0.15, 0.2) is 61.2 Å². The summed E-state index contributed by atoms with van der Waals surface area (Å²) in [4.78, 5) is 16.2. The van der Waals surface area contributed by atoms with Gasteiger partial charge in [0.25, 0.3) is 0 Å². The minimum atomic E-state index is -4.82. The SMILES string of the molecule is C[C@@H](NC(=O)/C=C/c1ccc(OC(F)(F)F)cc1)[C@](O)(Cn1cncn1)c1ccc(F)cc1F. The number of aliphatic hydroxyl groups is 1. The molecular formula is C22H19F5N4O3. The maximum atomic E-state index is 14.5. The van der Waals surface area contributed by atoms with Crippen LogP contribution in [0.1, 0.15) is 18.1 Å². The number of nitrogens with zero attached hydrogens (tertiary/aromatic N) is 3. The fraction of sp³-hybridized carbons (Fsp3) is 0.227. The lowest BCUT2D eigenvalue weighted by molar-refractivity contribution is -0.274. The van der Waals surface area contributed by atoms with E-state index in [1.54, 1.807) is 0 Å². The zero-order chi connectivity index (χ0) is 24.9. The Bertz CT molecular complexity index is 1150. The second-order valence-electron chi connectivity index (χ2n) is 7.32. The molecule has 12 heteroatoms. The van der Waals surface area contributed by atoms with E-state index in [1.165, 1.54) is 42.5 Å². The molecule has 2 N–H and O–H groups in total. The van der Waals surface area contributed by atoms with Crippen LogP contribution in [-0.4, -0.2) is 38.2 Å². The van der Waals surface area contributed by atoms with E-state index < -0.39 is 41.3 Å². The molecule has 34 heavy (non-hydrogen) atoms. The van der Waals surface area contributed by atoms with Crippen molar-refractivity contribution in [1.82, 2.24) is 20.1 Å². The Kier molecular flexibility index (Phi) is 7.30. The van der Waals surface area contributed by atoms with Gasteiger partial charge in [-0.1, -0.05) is 18.2 Å². The molecule has 0 aliphatic rings. The van der Waals surface area contributed by atoms with Crippen LogP contribution in [0.2, 0.25) is 0 Å². The second-order valence-corrected chi connectivity index (χ2v) is 7.32. The van der Waals surface area contributed by atoms with Crippen molar-refractivity contribution >= 4 is 12.0 Å². The summed E-state index contributed by atoms with van der Waals surface area (Å²) in [6, 6.07) is 6.37. The summed E-state index contributed by atoms with van der Waals surface area (Å²) in [6.45, 7) is 1.12. The van der Waals surface area contributed by atoms with Crippen molar-refractivity contribution in [2.75, 3.05) is 0 Å². The highest BCUT2D eigenvalue weighted by Crippen LogP contribution is 2.30. The minimum absolute atomic E-state index is 0.263. The number of halogens is 5. The van der Waals surface area contributed by atoms with Crippen LogP contribution in [0.4, 0.5) is 22.0 Å². The molecule has 2 aromatic carbocycles. The van der Waals surface area contributed by atoms with Crippen LogP contribution >= 0.6 is 0 Å². The average Bonchev–Trinajstić information content (AvgIpc) is 3.24. The van der Waals surface area contributed by atoms with E-state index >= 15 is 0 Å². The van der Waals surface area contributed by atoms with Gasteiger partial charge >= 0.3 is 6.36 Å². The molecule has 0 bridgehead atoms. The number of ether oxygens (including phenoxy) is 1. The Hall–Kier alpha value is -3.80. The molecule has 3 aromatic rings. The summed E-state index contributed by atoms with van der Waals surface area (Å²) in [5.41, 5.74) is -1.90. The van der Waals surface area contributed by atoms with Gasteiger partial charge in [-0.05, 0) is 36.8 Å². The Morgan fingerprint density at radius 2 is 1.91 bits per heavy atom. The fourth-order valence-electron chi connectivity index (χ4n) is 3.19. The molecule has 1 amide bonds. The van der Waals surface area contributed by atoms with E-state index in [9.17, 15) is 31.9 Å². The van der Waals surface area contributed by atoms with E-state index in [2.05, 4.69) is 20.1 Å². The Morgan fingerprint density at radius 3 is 2.50 bits per heavy atom. The smallest absolute Gasteiger partial charge is 0.406 e. The Balaban J connectivity index is 1.75. The highest BCUT2D eigenvalue weighted by molar-refractivity contribution is 5.92. The maximum absolute atomic E-state index is 14.5. The number of hydrogen-bond acceptors (Lipinski definition) is 5. The standard InChI is InChI=1S/C22H19F5N4O3/c1-14(30-20(32)9-4-15-2-6-17(7-3-15)34-22(25,26)27)21(33,11-31-13-28-12-29-31)18-8-5-16(23)10-19(18)24/h2-10,12-14,33H,11H2,1H3,(H,30,32)/b9-4+/t14-,21-/m1/s1. The van der Waals surface area contributed by atoms with Crippen molar-refractivity contribution in [3.8, 4) is 5.75 Å². The summed E-state index contributed by atoms with van der Waals surface area (Å²) in [5, 5.41) is 17.8. The lowest BCUT2D eigenvalue weighted by Crippen LogP contribution is -2.51. The number of nitrogens with one attached hydrogen (secondary N) is 1. The first-order valence-corrected chi connectivity index (χ1v) is 9.81. The lowest BCUT2D eigenvalue weighted by atomic mass is 9.86. The van der Waals surface area contributed by atoms with Gasteiger partial charge in [0.15, 0.2) is 0 Å². The quantitative estimate of drug-likeness (QED) is 0.379. The summed E-state index contributed by atoms with van der Waals surface area (Å²) < 4.78 is 69.6. The third-order valence-electron chi connectivity index (χ3n) is 4.88. The molecule has 0 aliphatic carbocycles. The molecule has 0 saturated heterocycles. The van der Waals surface area contributed by atoms with Gasteiger partial charge < -0.3 is 15.2 Å². The van der Waals surface area contributed by atoms with Crippen molar-refractivity contribution in [2.24, 2.45) is 0 Å². The van der Waals surface area contributed by atoms with E-state index in [0.29, 0.717) is 11.6 Å². The molecule has 0 radical (unpaired) electrons. The number of amides is 1. The Labute approximate surface area is 190 Å². The predicted octanol–water partition coefficient (Wildman–Crippen LogP) is 3.56. The Morgan fingerprint density at radius 1 is 1.21 bits per heavy atom. The van der Waals surface area contributed by atoms with Crippen LogP contribution in [0.5, 0.6) is 5.75 Å². The number of hydrogen-bond donors (Lipinski definition) is 2. The largest absolute Gasteiger partial charge is 0.573 e. The summed E-state index contributed by atoms with van der Waals surface area (Å²) in [7, 11) is 0. The van der Waals surface area contributed by atoms with Gasteiger partial charge in [-0.3, -0.25) is 4.79 Å². The number of alkyl halides is 3. The number of carbonyl (C=O) groups excluding carboxylic acids is 1. The number of rotatable bonds is 8. The van der Waals surface area contributed by atoms with Crippen molar-refractivity contribution in [3.63, 3.8) is 0 Å². The average molecular weight is 482 g/mol. The van der Waals surface area contributed by atoms with Gasteiger partial charge in [-0.25, -0.2) is 18.4 Å². The number of aromatic nitrogens is 3. The van der Waals surface area contributed by atoms with Gasteiger partial charge in [-0.15, -0.1) is 13.2 Å². The molecular weight excluding hydrogens is 463 g/mol. The van der Waals surface area contributed by atoms with Crippen molar-refractivity contribution < 1.29 is 36.6 Å². The van der Waals surface area contributed by atoms with Crippen LogP contribution in [0, 0.1) is 11.6 Å². The molecule has 2 atom stereocenters. The predicted molar refractivity (Wildman–Crippen MR) is 110 cm³/mol. The molecule has 1 aromatic heterocycles. The second kappa shape index (κ2) is 10.00. The molecule has 1 heterocycles. The molecule has 0 fully saturated rings. The summed E-state index contributed by atoms with van der Waals surface area (Å²) in [5.74, 6) is -2.94. The fourth-order valence-corrected chi connectivity index (χ4v) is 3.19. The first-order valence-electron chi connectivity index (χ1n) is 9.81. The highest BCUT2D eigenvalue weighted by atomic mass is 19.4. The number of carbonyl (C=O) groups is 1. The van der Waals surface area contributed by atoms with Gasteiger partial charge in [0.05, 0.1) is 12.6 Å². The lowest BCUT2D eigenvalue weighted by Gasteiger charge is -2.35. The highest BCUT2D eigenvalue weighted by Gasteiger charge is 2.40. The monoisotopic (exact) mass is 482 g/mol. The third kappa shape index (κ3) is 6.38. The van der Waals surface area contributed by atoms with Crippen molar-refractivity contribution in [1.29, 1.82) is 0 Å². The topological polar surface area (TPSA) is 89.3 Å². The molecule has 0 spiro atoms.